The van der Waals surface area contributed by atoms with Crippen LogP contribution >= 0.6 is 0 Å². The Morgan fingerprint density at radius 1 is 1.40 bits per heavy atom. The van der Waals surface area contributed by atoms with E-state index in [2.05, 4.69) is 13.0 Å². The average molecular weight is 138 g/mol. The molecule has 10 heavy (non-hydrogen) atoms. The van der Waals surface area contributed by atoms with E-state index in [1.807, 2.05) is 0 Å². The van der Waals surface area contributed by atoms with Crippen LogP contribution in [-0.4, -0.2) is 0 Å². The number of rotatable bonds is 4. The maximum absolute atomic E-state index is 2.44. The van der Waals surface area contributed by atoms with Crippen LogP contribution < -0.4 is 0 Å². The van der Waals surface area contributed by atoms with Gasteiger partial charge >= 0.3 is 0 Å². The van der Waals surface area contributed by atoms with Crippen molar-refractivity contribution < 1.29 is 0 Å². The normalized spacial score (nSPS) is 17.5. The third-order valence-corrected chi connectivity index (χ3v) is 2.24. The Kier molecular flexibility index (Phi) is 3.56. The molecule has 0 nitrogen and oxygen atoms in total. The highest BCUT2D eigenvalue weighted by Gasteiger charge is 2.02. The number of hydrogen-bond donors (Lipinski definition) is 0. The van der Waals surface area contributed by atoms with Gasteiger partial charge in [0.1, 0.15) is 0 Å². The highest BCUT2D eigenvalue weighted by Crippen LogP contribution is 2.22. The van der Waals surface area contributed by atoms with Crippen molar-refractivity contribution in [3.63, 3.8) is 0 Å². The second kappa shape index (κ2) is 4.54. The molecule has 0 amide bonds. The van der Waals surface area contributed by atoms with Gasteiger partial charge in [-0.15, -0.1) is 0 Å². The molecular weight excluding hydrogens is 120 g/mol. The lowest BCUT2D eigenvalue weighted by molar-refractivity contribution is 0.701. The molecule has 0 aromatic carbocycles. The second-order valence-corrected chi connectivity index (χ2v) is 3.21. The smallest absolute Gasteiger partial charge is 0.0317 e. The maximum atomic E-state index is 2.44. The van der Waals surface area contributed by atoms with Gasteiger partial charge in [-0.05, 0) is 32.1 Å². The molecule has 0 atom stereocenters. The summed E-state index contributed by atoms with van der Waals surface area (Å²) in [6.07, 6.45) is 12.2. The van der Waals surface area contributed by atoms with Crippen molar-refractivity contribution in [2.45, 2.75) is 51.9 Å². The highest BCUT2D eigenvalue weighted by molar-refractivity contribution is 5.06. The largest absolute Gasteiger partial charge is 0.0853 e. The van der Waals surface area contributed by atoms with Gasteiger partial charge in [0.15, 0.2) is 0 Å². The van der Waals surface area contributed by atoms with Crippen molar-refractivity contribution >= 4 is 0 Å². The van der Waals surface area contributed by atoms with Crippen molar-refractivity contribution in [2.24, 2.45) is 0 Å². The number of unbranched alkanes of at least 4 members (excludes halogenated alkanes) is 2. The summed E-state index contributed by atoms with van der Waals surface area (Å²) in [6.45, 7) is 2.27. The molecule has 0 bridgehead atoms. The Labute approximate surface area is 64.3 Å². The summed E-state index contributed by atoms with van der Waals surface area (Å²) in [5.41, 5.74) is 1.73. The Morgan fingerprint density at radius 2 is 2.30 bits per heavy atom. The van der Waals surface area contributed by atoms with Gasteiger partial charge in [0.25, 0.3) is 0 Å². The zero-order valence-corrected chi connectivity index (χ0v) is 7.03. The molecule has 0 aromatic heterocycles. The Morgan fingerprint density at radius 3 is 2.90 bits per heavy atom. The molecule has 0 aromatic rings. The fourth-order valence-electron chi connectivity index (χ4n) is 1.57. The van der Waals surface area contributed by atoms with Crippen LogP contribution in [-0.2, 0) is 0 Å². The van der Waals surface area contributed by atoms with Gasteiger partial charge in [0.2, 0.25) is 0 Å². The summed E-state index contributed by atoms with van der Waals surface area (Å²) in [4.78, 5) is 0. The first-order valence-electron chi connectivity index (χ1n) is 4.61. The van der Waals surface area contributed by atoms with Gasteiger partial charge in [0.05, 0.1) is 0 Å². The first-order chi connectivity index (χ1) is 4.93. The lowest BCUT2D eigenvalue weighted by Crippen LogP contribution is -1.78. The van der Waals surface area contributed by atoms with Crippen LogP contribution in [0.1, 0.15) is 51.9 Å². The Bertz CT molecular complexity index is 111. The molecule has 1 aliphatic carbocycles. The first-order valence-corrected chi connectivity index (χ1v) is 4.61. The summed E-state index contributed by atoms with van der Waals surface area (Å²) < 4.78 is 0. The van der Waals surface area contributed by atoms with Crippen LogP contribution in [0.2, 0.25) is 0 Å². The van der Waals surface area contributed by atoms with Crippen LogP contribution in [0.15, 0.2) is 11.6 Å². The summed E-state index contributed by atoms with van der Waals surface area (Å²) in [6, 6.07) is 0. The summed E-state index contributed by atoms with van der Waals surface area (Å²) in [5, 5.41) is 0. The lowest BCUT2D eigenvalue weighted by Gasteiger charge is -1.98. The van der Waals surface area contributed by atoms with Gasteiger partial charge in [-0.25, -0.2) is 0 Å². The molecule has 0 aliphatic heterocycles. The fraction of sp³-hybridized carbons (Fsp3) is 0.800. The molecule has 0 saturated carbocycles. The maximum Gasteiger partial charge on any atom is -0.0317 e. The van der Waals surface area contributed by atoms with Gasteiger partial charge in [0, 0.05) is 0 Å². The SMILES string of the molecule is CCCCCC1=CCCC1. The van der Waals surface area contributed by atoms with E-state index in [9.17, 15) is 0 Å². The van der Waals surface area contributed by atoms with E-state index in [1.165, 1.54) is 44.9 Å². The van der Waals surface area contributed by atoms with Gasteiger partial charge < -0.3 is 0 Å². The zero-order chi connectivity index (χ0) is 7.23. The molecule has 1 rings (SSSR count). The average Bonchev–Trinajstić information content (AvgIpc) is 2.41. The molecule has 0 saturated heterocycles. The molecule has 0 unspecified atom stereocenters. The van der Waals surface area contributed by atoms with Gasteiger partial charge in [-0.1, -0.05) is 31.4 Å². The molecule has 0 N–H and O–H groups in total. The molecule has 58 valence electrons. The van der Waals surface area contributed by atoms with Crippen LogP contribution in [0.4, 0.5) is 0 Å². The van der Waals surface area contributed by atoms with E-state index < -0.39 is 0 Å². The van der Waals surface area contributed by atoms with E-state index in [-0.39, 0.29) is 0 Å². The Hall–Kier alpha value is -0.260. The second-order valence-electron chi connectivity index (χ2n) is 3.21. The third kappa shape index (κ3) is 2.55. The third-order valence-electron chi connectivity index (χ3n) is 2.24. The summed E-state index contributed by atoms with van der Waals surface area (Å²) in [7, 11) is 0. The standard InChI is InChI=1S/C10H18/c1-2-3-4-7-10-8-5-6-9-10/h8H,2-7,9H2,1H3. The van der Waals surface area contributed by atoms with Gasteiger partial charge in [-0.2, -0.15) is 0 Å². The number of allylic oxidation sites excluding steroid dienone is 2. The van der Waals surface area contributed by atoms with E-state index >= 15 is 0 Å². The first kappa shape index (κ1) is 7.84. The van der Waals surface area contributed by atoms with Crippen molar-refractivity contribution in [3.8, 4) is 0 Å². The zero-order valence-electron chi connectivity index (χ0n) is 7.03. The highest BCUT2D eigenvalue weighted by atomic mass is 14.1. The summed E-state index contributed by atoms with van der Waals surface area (Å²) >= 11 is 0. The van der Waals surface area contributed by atoms with Crippen molar-refractivity contribution in [3.05, 3.63) is 11.6 Å². The molecule has 0 fully saturated rings. The van der Waals surface area contributed by atoms with Crippen LogP contribution in [0.3, 0.4) is 0 Å². The molecular formula is C10H18. The van der Waals surface area contributed by atoms with E-state index in [0.29, 0.717) is 0 Å². The van der Waals surface area contributed by atoms with E-state index in [4.69, 9.17) is 0 Å². The molecule has 1 aliphatic rings. The molecule has 0 heterocycles. The van der Waals surface area contributed by atoms with Crippen molar-refractivity contribution in [1.82, 2.24) is 0 Å². The summed E-state index contributed by atoms with van der Waals surface area (Å²) in [5.74, 6) is 0. The molecule has 0 radical (unpaired) electrons. The fourth-order valence-corrected chi connectivity index (χ4v) is 1.57. The van der Waals surface area contributed by atoms with Crippen molar-refractivity contribution in [1.29, 1.82) is 0 Å². The predicted octanol–water partition coefficient (Wildman–Crippen LogP) is 3.68. The predicted molar refractivity (Wildman–Crippen MR) is 46.1 cm³/mol. The van der Waals surface area contributed by atoms with Crippen LogP contribution in [0.5, 0.6) is 0 Å². The minimum atomic E-state index is 1.35. The van der Waals surface area contributed by atoms with Crippen LogP contribution in [0, 0.1) is 0 Å². The van der Waals surface area contributed by atoms with E-state index in [0.717, 1.165) is 0 Å². The minimum Gasteiger partial charge on any atom is -0.0853 e. The monoisotopic (exact) mass is 138 g/mol. The van der Waals surface area contributed by atoms with Gasteiger partial charge in [-0.3, -0.25) is 0 Å². The quantitative estimate of drug-likeness (QED) is 0.410. The van der Waals surface area contributed by atoms with Crippen molar-refractivity contribution in [2.75, 3.05) is 0 Å². The Balaban J connectivity index is 2.01. The number of hydrogen-bond acceptors (Lipinski definition) is 0. The lowest BCUT2D eigenvalue weighted by atomic mass is 10.1. The topological polar surface area (TPSA) is 0 Å². The van der Waals surface area contributed by atoms with E-state index in [1.54, 1.807) is 5.57 Å². The van der Waals surface area contributed by atoms with Crippen LogP contribution in [0.25, 0.3) is 0 Å². The molecule has 0 spiro atoms. The minimum absolute atomic E-state index is 1.35. The molecule has 0 heteroatoms.